The van der Waals surface area contributed by atoms with E-state index in [1.54, 1.807) is 0 Å². The topological polar surface area (TPSA) is 41.6 Å². The number of aromatic amines is 1. The van der Waals surface area contributed by atoms with E-state index in [1.807, 2.05) is 12.1 Å². The minimum absolute atomic E-state index is 0.928. The van der Waals surface area contributed by atoms with Crippen molar-refractivity contribution in [2.75, 3.05) is 0 Å². The van der Waals surface area contributed by atoms with Crippen LogP contribution in [0.25, 0.3) is 22.2 Å². The molecule has 17 heavy (non-hydrogen) atoms. The third kappa shape index (κ3) is 1.69. The molecule has 1 N–H and O–H groups in total. The zero-order chi connectivity index (χ0) is 11.8. The SMILES string of the molecule is Cc1cc(C)cc(-c2cccc3[nH]nnc23)c1. The summed E-state index contributed by atoms with van der Waals surface area (Å²) in [5.41, 5.74) is 6.75. The molecule has 0 saturated carbocycles. The summed E-state index contributed by atoms with van der Waals surface area (Å²) in [4.78, 5) is 0. The predicted octanol–water partition coefficient (Wildman–Crippen LogP) is 3.24. The number of benzene rings is 2. The molecule has 3 aromatic rings. The van der Waals surface area contributed by atoms with Crippen molar-refractivity contribution in [2.45, 2.75) is 13.8 Å². The molecular formula is C14H13N3. The van der Waals surface area contributed by atoms with Crippen molar-refractivity contribution in [3.05, 3.63) is 47.5 Å². The minimum atomic E-state index is 0.928. The van der Waals surface area contributed by atoms with E-state index in [2.05, 4.69) is 53.5 Å². The highest BCUT2D eigenvalue weighted by molar-refractivity contribution is 5.91. The van der Waals surface area contributed by atoms with Crippen LogP contribution in [0.2, 0.25) is 0 Å². The molecule has 3 nitrogen and oxygen atoms in total. The maximum absolute atomic E-state index is 4.15. The Morgan fingerprint density at radius 3 is 2.53 bits per heavy atom. The molecule has 0 saturated heterocycles. The van der Waals surface area contributed by atoms with Gasteiger partial charge in [-0.25, -0.2) is 0 Å². The average Bonchev–Trinajstić information content (AvgIpc) is 2.75. The second kappa shape index (κ2) is 3.70. The van der Waals surface area contributed by atoms with Crippen molar-refractivity contribution in [1.29, 1.82) is 0 Å². The van der Waals surface area contributed by atoms with Crippen molar-refractivity contribution in [3.8, 4) is 11.1 Å². The van der Waals surface area contributed by atoms with Crippen LogP contribution >= 0.6 is 0 Å². The lowest BCUT2D eigenvalue weighted by Gasteiger charge is -2.05. The number of hydrogen-bond donors (Lipinski definition) is 1. The molecule has 0 fully saturated rings. The lowest BCUT2D eigenvalue weighted by molar-refractivity contribution is 0.959. The molecule has 0 atom stereocenters. The Hall–Kier alpha value is -2.16. The van der Waals surface area contributed by atoms with Crippen molar-refractivity contribution in [2.24, 2.45) is 0 Å². The van der Waals surface area contributed by atoms with Crippen LogP contribution in [0, 0.1) is 13.8 Å². The predicted molar refractivity (Wildman–Crippen MR) is 68.8 cm³/mol. The average molecular weight is 223 g/mol. The van der Waals surface area contributed by atoms with Gasteiger partial charge in [0.1, 0.15) is 5.52 Å². The molecule has 1 heterocycles. The normalized spacial score (nSPS) is 10.9. The molecule has 84 valence electrons. The van der Waals surface area contributed by atoms with Crippen LogP contribution in [0.4, 0.5) is 0 Å². The number of nitrogens with zero attached hydrogens (tertiary/aromatic N) is 2. The number of fused-ring (bicyclic) bond motifs is 1. The largest absolute Gasteiger partial charge is 0.258 e. The van der Waals surface area contributed by atoms with Gasteiger partial charge in [0.2, 0.25) is 0 Å². The third-order valence-electron chi connectivity index (χ3n) is 2.89. The maximum atomic E-state index is 4.15. The molecule has 0 amide bonds. The number of aromatic nitrogens is 3. The number of H-pyrrole nitrogens is 1. The first-order chi connectivity index (χ1) is 8.24. The van der Waals surface area contributed by atoms with Gasteiger partial charge in [-0.3, -0.25) is 5.10 Å². The summed E-state index contributed by atoms with van der Waals surface area (Å²) in [5.74, 6) is 0. The van der Waals surface area contributed by atoms with Gasteiger partial charge in [-0.1, -0.05) is 46.7 Å². The summed E-state index contributed by atoms with van der Waals surface area (Å²) in [7, 11) is 0. The number of hydrogen-bond acceptors (Lipinski definition) is 2. The van der Waals surface area contributed by atoms with E-state index in [4.69, 9.17) is 0 Å². The van der Waals surface area contributed by atoms with Gasteiger partial charge in [0, 0.05) is 5.56 Å². The van der Waals surface area contributed by atoms with Crippen molar-refractivity contribution < 1.29 is 0 Å². The molecule has 0 aliphatic carbocycles. The minimum Gasteiger partial charge on any atom is -0.258 e. The molecule has 0 aliphatic heterocycles. The van der Waals surface area contributed by atoms with Crippen LogP contribution in [0.1, 0.15) is 11.1 Å². The standard InChI is InChI=1S/C14H13N3/c1-9-6-10(2)8-11(7-9)12-4-3-5-13-14(12)16-17-15-13/h3-8H,1-2H3,(H,15,16,17). The summed E-state index contributed by atoms with van der Waals surface area (Å²) >= 11 is 0. The molecule has 1 aromatic heterocycles. The zero-order valence-electron chi connectivity index (χ0n) is 9.86. The van der Waals surface area contributed by atoms with Gasteiger partial charge >= 0.3 is 0 Å². The molecular weight excluding hydrogens is 210 g/mol. The highest BCUT2D eigenvalue weighted by Crippen LogP contribution is 2.27. The van der Waals surface area contributed by atoms with E-state index in [0.29, 0.717) is 0 Å². The fraction of sp³-hybridized carbons (Fsp3) is 0.143. The van der Waals surface area contributed by atoms with E-state index < -0.39 is 0 Å². The number of rotatable bonds is 1. The Kier molecular flexibility index (Phi) is 2.18. The molecule has 2 aromatic carbocycles. The zero-order valence-corrected chi connectivity index (χ0v) is 9.86. The molecule has 0 spiro atoms. The summed E-state index contributed by atoms with van der Waals surface area (Å²) in [6.45, 7) is 4.22. The molecule has 0 radical (unpaired) electrons. The Balaban J connectivity index is 2.30. The van der Waals surface area contributed by atoms with Gasteiger partial charge in [0.25, 0.3) is 0 Å². The first-order valence-corrected chi connectivity index (χ1v) is 5.62. The molecule has 0 unspecified atom stereocenters. The van der Waals surface area contributed by atoms with Gasteiger partial charge in [0.05, 0.1) is 5.52 Å². The van der Waals surface area contributed by atoms with Crippen LogP contribution in [0.15, 0.2) is 36.4 Å². The summed E-state index contributed by atoms with van der Waals surface area (Å²) in [6.07, 6.45) is 0. The van der Waals surface area contributed by atoms with E-state index in [-0.39, 0.29) is 0 Å². The van der Waals surface area contributed by atoms with Gasteiger partial charge in [-0.2, -0.15) is 0 Å². The van der Waals surface area contributed by atoms with E-state index in [0.717, 1.165) is 16.6 Å². The van der Waals surface area contributed by atoms with Gasteiger partial charge in [-0.05, 0) is 25.5 Å². The molecule has 3 heteroatoms. The monoisotopic (exact) mass is 223 g/mol. The van der Waals surface area contributed by atoms with Crippen LogP contribution < -0.4 is 0 Å². The first kappa shape index (κ1) is 10.0. The second-order valence-corrected chi connectivity index (χ2v) is 4.39. The van der Waals surface area contributed by atoms with Gasteiger partial charge in [0.15, 0.2) is 0 Å². The fourth-order valence-corrected chi connectivity index (χ4v) is 2.23. The van der Waals surface area contributed by atoms with E-state index in [9.17, 15) is 0 Å². The maximum Gasteiger partial charge on any atom is 0.120 e. The Morgan fingerprint density at radius 1 is 1.00 bits per heavy atom. The van der Waals surface area contributed by atoms with Gasteiger partial charge in [-0.15, -0.1) is 5.10 Å². The molecule has 0 aliphatic rings. The van der Waals surface area contributed by atoms with E-state index >= 15 is 0 Å². The molecule has 3 rings (SSSR count). The van der Waals surface area contributed by atoms with Crippen LogP contribution in [-0.2, 0) is 0 Å². The van der Waals surface area contributed by atoms with Gasteiger partial charge < -0.3 is 0 Å². The summed E-state index contributed by atoms with van der Waals surface area (Å²) in [6, 6.07) is 12.6. The third-order valence-corrected chi connectivity index (χ3v) is 2.89. The highest BCUT2D eigenvalue weighted by Gasteiger charge is 2.07. The van der Waals surface area contributed by atoms with Crippen LogP contribution in [-0.4, -0.2) is 15.4 Å². The quantitative estimate of drug-likeness (QED) is 0.688. The Labute approximate surface area is 99.5 Å². The smallest absolute Gasteiger partial charge is 0.120 e. The highest BCUT2D eigenvalue weighted by atomic mass is 15.3. The van der Waals surface area contributed by atoms with Crippen LogP contribution in [0.3, 0.4) is 0 Å². The second-order valence-electron chi connectivity index (χ2n) is 4.39. The summed E-state index contributed by atoms with van der Waals surface area (Å²) < 4.78 is 0. The lowest BCUT2D eigenvalue weighted by Crippen LogP contribution is -1.84. The van der Waals surface area contributed by atoms with Crippen LogP contribution in [0.5, 0.6) is 0 Å². The summed E-state index contributed by atoms with van der Waals surface area (Å²) in [5, 5.41) is 10.9. The lowest BCUT2D eigenvalue weighted by atomic mass is 10.00. The van der Waals surface area contributed by atoms with Crippen molar-refractivity contribution in [3.63, 3.8) is 0 Å². The first-order valence-electron chi connectivity index (χ1n) is 5.62. The fourth-order valence-electron chi connectivity index (χ4n) is 2.23. The number of nitrogens with one attached hydrogen (secondary N) is 1. The Bertz CT molecular complexity index is 663. The van der Waals surface area contributed by atoms with Crippen molar-refractivity contribution in [1.82, 2.24) is 15.4 Å². The number of aryl methyl sites for hydroxylation is 2. The Morgan fingerprint density at radius 2 is 1.76 bits per heavy atom. The van der Waals surface area contributed by atoms with Crippen molar-refractivity contribution >= 4 is 11.0 Å². The van der Waals surface area contributed by atoms with E-state index in [1.165, 1.54) is 16.7 Å². The molecule has 0 bridgehead atoms.